The van der Waals surface area contributed by atoms with Gasteiger partial charge in [-0.25, -0.2) is 0 Å². The smallest absolute Gasteiger partial charge is 0.321 e. The molecule has 4 heteroatoms. The number of nitrogens with zero attached hydrogens (tertiary/aromatic N) is 1. The molecule has 0 aliphatic heterocycles. The molecule has 0 aromatic carbocycles. The molecule has 0 saturated carbocycles. The highest BCUT2D eigenvalue weighted by molar-refractivity contribution is 7.09. The van der Waals surface area contributed by atoms with Gasteiger partial charge in [0, 0.05) is 11.3 Å². The van der Waals surface area contributed by atoms with Crippen LogP contribution in [0.15, 0.2) is 17.5 Å². The average Bonchev–Trinajstić information content (AvgIpc) is 2.51. The molecule has 0 radical (unpaired) electrons. The fourth-order valence-electron chi connectivity index (χ4n) is 0.818. The van der Waals surface area contributed by atoms with Crippen LogP contribution in [0.5, 0.6) is 0 Å². The molecule has 1 N–H and O–H groups in total. The van der Waals surface area contributed by atoms with E-state index in [9.17, 15) is 4.79 Å². The first-order chi connectivity index (χ1) is 5.74. The maximum Gasteiger partial charge on any atom is 0.321 e. The zero-order valence-corrected chi connectivity index (χ0v) is 7.04. The Kier molecular flexibility index (Phi) is 2.83. The number of carboxylic acid groups (broad SMARTS) is 1. The number of carbonyl (C=O) groups is 1. The van der Waals surface area contributed by atoms with Crippen LogP contribution in [-0.2, 0) is 11.2 Å². The van der Waals surface area contributed by atoms with E-state index in [-0.39, 0.29) is 0 Å². The Morgan fingerprint density at radius 3 is 3.00 bits per heavy atom. The lowest BCUT2D eigenvalue weighted by Crippen LogP contribution is -2.13. The lowest BCUT2D eigenvalue weighted by molar-refractivity contribution is -0.139. The summed E-state index contributed by atoms with van der Waals surface area (Å²) in [5.41, 5.74) is 0. The van der Waals surface area contributed by atoms with Crippen molar-refractivity contribution in [2.75, 3.05) is 0 Å². The molecule has 3 nitrogen and oxygen atoms in total. The van der Waals surface area contributed by atoms with Crippen molar-refractivity contribution in [3.63, 3.8) is 0 Å². The van der Waals surface area contributed by atoms with Gasteiger partial charge in [0.15, 0.2) is 0 Å². The van der Waals surface area contributed by atoms with E-state index in [4.69, 9.17) is 10.4 Å². The highest BCUT2D eigenvalue weighted by atomic mass is 32.1. The minimum absolute atomic E-state index is 0.309. The summed E-state index contributed by atoms with van der Waals surface area (Å²) in [5.74, 6) is -1.96. The van der Waals surface area contributed by atoms with E-state index in [1.165, 1.54) is 11.3 Å². The fourth-order valence-corrected chi connectivity index (χ4v) is 1.57. The summed E-state index contributed by atoms with van der Waals surface area (Å²) in [6, 6.07) is 5.42. The third-order valence-corrected chi connectivity index (χ3v) is 2.34. The minimum Gasteiger partial charge on any atom is -0.480 e. The van der Waals surface area contributed by atoms with Crippen LogP contribution >= 0.6 is 11.3 Å². The van der Waals surface area contributed by atoms with Gasteiger partial charge in [-0.2, -0.15) is 5.26 Å². The summed E-state index contributed by atoms with van der Waals surface area (Å²) in [6.07, 6.45) is 0.309. The topological polar surface area (TPSA) is 61.1 Å². The standard InChI is InChI=1S/C8H7NO2S/c9-5-6(8(10)11)4-7-2-1-3-12-7/h1-3,6H,4H2,(H,10,11)/t6-/m1/s1. The highest BCUT2D eigenvalue weighted by Crippen LogP contribution is 2.14. The second-order valence-corrected chi connectivity index (χ2v) is 3.34. The molecule has 0 aliphatic rings. The molecule has 62 valence electrons. The maximum absolute atomic E-state index is 10.4. The second kappa shape index (κ2) is 3.88. The Labute approximate surface area is 73.9 Å². The molecular formula is C8H7NO2S. The molecule has 1 aromatic heterocycles. The van der Waals surface area contributed by atoms with Gasteiger partial charge < -0.3 is 5.11 Å². The number of rotatable bonds is 3. The molecule has 1 rings (SSSR count). The predicted molar refractivity (Wildman–Crippen MR) is 44.8 cm³/mol. The third-order valence-electron chi connectivity index (χ3n) is 1.44. The van der Waals surface area contributed by atoms with Crippen molar-refractivity contribution in [3.05, 3.63) is 22.4 Å². The first-order valence-corrected chi connectivity index (χ1v) is 4.27. The van der Waals surface area contributed by atoms with Gasteiger partial charge in [0.2, 0.25) is 0 Å². The van der Waals surface area contributed by atoms with E-state index in [1.807, 2.05) is 17.5 Å². The summed E-state index contributed by atoms with van der Waals surface area (Å²) in [4.78, 5) is 11.4. The molecular weight excluding hydrogens is 174 g/mol. The fraction of sp³-hybridized carbons (Fsp3) is 0.250. The van der Waals surface area contributed by atoms with Gasteiger partial charge in [-0.3, -0.25) is 4.79 Å². The molecule has 12 heavy (non-hydrogen) atoms. The lowest BCUT2D eigenvalue weighted by Gasteiger charge is -1.99. The summed E-state index contributed by atoms with van der Waals surface area (Å²) >= 11 is 1.47. The van der Waals surface area contributed by atoms with Crippen molar-refractivity contribution in [2.24, 2.45) is 5.92 Å². The normalized spacial score (nSPS) is 11.9. The Morgan fingerprint density at radius 2 is 2.58 bits per heavy atom. The van der Waals surface area contributed by atoms with E-state index in [0.29, 0.717) is 6.42 Å². The Bertz CT molecular complexity index is 299. The number of hydrogen-bond donors (Lipinski definition) is 1. The lowest BCUT2D eigenvalue weighted by atomic mass is 10.1. The largest absolute Gasteiger partial charge is 0.480 e. The van der Waals surface area contributed by atoms with Gasteiger partial charge in [-0.15, -0.1) is 11.3 Å². The zero-order chi connectivity index (χ0) is 8.97. The monoisotopic (exact) mass is 181 g/mol. The number of aliphatic carboxylic acids is 1. The van der Waals surface area contributed by atoms with Gasteiger partial charge in [0.1, 0.15) is 5.92 Å². The molecule has 0 bridgehead atoms. The van der Waals surface area contributed by atoms with Crippen molar-refractivity contribution >= 4 is 17.3 Å². The Balaban J connectivity index is 2.62. The van der Waals surface area contributed by atoms with Gasteiger partial charge in [-0.05, 0) is 11.4 Å². The second-order valence-electron chi connectivity index (χ2n) is 2.30. The summed E-state index contributed by atoms with van der Waals surface area (Å²) in [6.45, 7) is 0. The highest BCUT2D eigenvalue weighted by Gasteiger charge is 2.16. The van der Waals surface area contributed by atoms with Crippen molar-refractivity contribution in [3.8, 4) is 6.07 Å². The van der Waals surface area contributed by atoms with E-state index in [0.717, 1.165) is 4.88 Å². The Hall–Kier alpha value is -1.34. The van der Waals surface area contributed by atoms with Crippen LogP contribution in [0.3, 0.4) is 0 Å². The van der Waals surface area contributed by atoms with Crippen LogP contribution in [0.2, 0.25) is 0 Å². The van der Waals surface area contributed by atoms with E-state index in [1.54, 1.807) is 6.07 Å². The van der Waals surface area contributed by atoms with Crippen molar-refractivity contribution < 1.29 is 9.90 Å². The number of nitriles is 1. The van der Waals surface area contributed by atoms with Crippen LogP contribution in [0.1, 0.15) is 4.88 Å². The molecule has 0 amide bonds. The molecule has 0 saturated heterocycles. The molecule has 0 spiro atoms. The molecule has 0 aliphatic carbocycles. The summed E-state index contributed by atoms with van der Waals surface area (Å²) in [5, 5.41) is 18.9. The molecule has 1 atom stereocenters. The molecule has 0 unspecified atom stereocenters. The zero-order valence-electron chi connectivity index (χ0n) is 6.23. The number of carboxylic acids is 1. The van der Waals surface area contributed by atoms with Gasteiger partial charge >= 0.3 is 5.97 Å². The predicted octanol–water partition coefficient (Wildman–Crippen LogP) is 1.51. The Morgan fingerprint density at radius 1 is 1.83 bits per heavy atom. The van der Waals surface area contributed by atoms with Crippen molar-refractivity contribution in [1.82, 2.24) is 0 Å². The summed E-state index contributed by atoms with van der Waals surface area (Å²) < 4.78 is 0. The van der Waals surface area contributed by atoms with Gasteiger partial charge in [-0.1, -0.05) is 6.07 Å². The first-order valence-electron chi connectivity index (χ1n) is 3.39. The molecule has 0 fully saturated rings. The molecule has 1 aromatic rings. The van der Waals surface area contributed by atoms with Crippen molar-refractivity contribution in [2.45, 2.75) is 6.42 Å². The quantitative estimate of drug-likeness (QED) is 0.768. The summed E-state index contributed by atoms with van der Waals surface area (Å²) in [7, 11) is 0. The van der Waals surface area contributed by atoms with Gasteiger partial charge in [0.25, 0.3) is 0 Å². The molecule has 1 heterocycles. The maximum atomic E-state index is 10.4. The minimum atomic E-state index is -1.05. The van der Waals surface area contributed by atoms with Crippen molar-refractivity contribution in [1.29, 1.82) is 5.26 Å². The van der Waals surface area contributed by atoms with Crippen LogP contribution < -0.4 is 0 Å². The third kappa shape index (κ3) is 2.07. The SMILES string of the molecule is N#C[C@@H](Cc1cccs1)C(=O)O. The average molecular weight is 181 g/mol. The number of hydrogen-bond acceptors (Lipinski definition) is 3. The van der Waals surface area contributed by atoms with Crippen LogP contribution in [0.4, 0.5) is 0 Å². The van der Waals surface area contributed by atoms with Crippen LogP contribution in [0, 0.1) is 17.2 Å². The first kappa shape index (κ1) is 8.75. The van der Waals surface area contributed by atoms with Gasteiger partial charge in [0.05, 0.1) is 6.07 Å². The van der Waals surface area contributed by atoms with E-state index < -0.39 is 11.9 Å². The van der Waals surface area contributed by atoms with E-state index >= 15 is 0 Å². The van der Waals surface area contributed by atoms with Crippen LogP contribution in [-0.4, -0.2) is 11.1 Å². The van der Waals surface area contributed by atoms with Crippen LogP contribution in [0.25, 0.3) is 0 Å². The number of thiophene rings is 1. The van der Waals surface area contributed by atoms with E-state index in [2.05, 4.69) is 0 Å².